The van der Waals surface area contributed by atoms with Gasteiger partial charge in [0.25, 0.3) is 0 Å². The summed E-state index contributed by atoms with van der Waals surface area (Å²) >= 11 is 3.16. The molecule has 1 N–H and O–H groups in total. The Morgan fingerprint density at radius 1 is 1.30 bits per heavy atom. The van der Waals surface area contributed by atoms with Crippen molar-refractivity contribution in [3.63, 3.8) is 0 Å². The molecule has 0 saturated heterocycles. The molecule has 2 rings (SSSR count). The van der Waals surface area contributed by atoms with Gasteiger partial charge in [-0.3, -0.25) is 0 Å². The Labute approximate surface area is 141 Å². The van der Waals surface area contributed by atoms with Crippen LogP contribution in [-0.4, -0.2) is 18.2 Å². The summed E-state index contributed by atoms with van der Waals surface area (Å²) in [7, 11) is 1.43. The van der Waals surface area contributed by atoms with E-state index in [-0.39, 0.29) is 12.4 Å². The number of carbonyl (C=O) groups is 1. The highest BCUT2D eigenvalue weighted by molar-refractivity contribution is 9.10. The lowest BCUT2D eigenvalue weighted by molar-refractivity contribution is -0.138. The van der Waals surface area contributed by atoms with Gasteiger partial charge in [0.2, 0.25) is 0 Å². The van der Waals surface area contributed by atoms with Gasteiger partial charge in [-0.05, 0) is 35.9 Å². The van der Waals surface area contributed by atoms with E-state index < -0.39 is 11.8 Å². The first-order chi connectivity index (χ1) is 11.0. The van der Waals surface area contributed by atoms with Crippen LogP contribution in [0.4, 0.5) is 4.39 Å². The summed E-state index contributed by atoms with van der Waals surface area (Å²) in [4.78, 5) is 11.7. The summed E-state index contributed by atoms with van der Waals surface area (Å²) in [5, 5.41) is 9.49. The number of halogens is 2. The van der Waals surface area contributed by atoms with Crippen LogP contribution in [0.25, 0.3) is 6.08 Å². The standard InChI is InChI=1S/C17H14BrFO4/c1-22-16-8-11(2-6-15(16)20)3-7-17(21)23-10-12-4-5-13(18)9-14(12)19/h2-9,20H,10H2,1H3/b7-3+. The number of ether oxygens (including phenoxy) is 2. The van der Waals surface area contributed by atoms with Gasteiger partial charge in [0.15, 0.2) is 11.5 Å². The lowest BCUT2D eigenvalue weighted by atomic mass is 10.2. The number of phenolic OH excluding ortho intramolecular Hbond substituents is 1. The third kappa shape index (κ3) is 4.82. The summed E-state index contributed by atoms with van der Waals surface area (Å²) in [6.45, 7) is -0.152. The first-order valence-electron chi connectivity index (χ1n) is 6.65. The number of rotatable bonds is 5. The smallest absolute Gasteiger partial charge is 0.331 e. The van der Waals surface area contributed by atoms with Crippen molar-refractivity contribution in [2.75, 3.05) is 7.11 Å². The van der Waals surface area contributed by atoms with Gasteiger partial charge in [-0.2, -0.15) is 0 Å². The van der Waals surface area contributed by atoms with Crippen LogP contribution < -0.4 is 4.74 Å². The molecule has 0 unspecified atom stereocenters. The van der Waals surface area contributed by atoms with Crippen molar-refractivity contribution in [2.45, 2.75) is 6.61 Å². The van der Waals surface area contributed by atoms with Gasteiger partial charge < -0.3 is 14.6 Å². The lowest BCUT2D eigenvalue weighted by Crippen LogP contribution is -2.02. The molecular formula is C17H14BrFO4. The van der Waals surface area contributed by atoms with Crippen LogP contribution in [0.1, 0.15) is 11.1 Å². The normalized spacial score (nSPS) is 10.7. The van der Waals surface area contributed by atoms with Crippen LogP contribution in [0.3, 0.4) is 0 Å². The molecule has 0 aliphatic carbocycles. The number of hydrogen-bond acceptors (Lipinski definition) is 4. The summed E-state index contributed by atoms with van der Waals surface area (Å²) in [6.07, 6.45) is 2.74. The van der Waals surface area contributed by atoms with Crippen molar-refractivity contribution in [2.24, 2.45) is 0 Å². The molecule has 0 heterocycles. The molecule has 0 aliphatic heterocycles. The molecule has 4 nitrogen and oxygen atoms in total. The zero-order valence-electron chi connectivity index (χ0n) is 12.3. The summed E-state index contributed by atoms with van der Waals surface area (Å²) in [6, 6.07) is 9.18. The average molecular weight is 381 g/mol. The molecule has 0 spiro atoms. The first kappa shape index (κ1) is 17.0. The van der Waals surface area contributed by atoms with Gasteiger partial charge in [-0.25, -0.2) is 9.18 Å². The van der Waals surface area contributed by atoms with E-state index in [4.69, 9.17) is 9.47 Å². The van der Waals surface area contributed by atoms with E-state index in [0.717, 1.165) is 0 Å². The van der Waals surface area contributed by atoms with E-state index in [9.17, 15) is 14.3 Å². The number of phenols is 1. The third-order valence-electron chi connectivity index (χ3n) is 3.00. The molecule has 0 amide bonds. The van der Waals surface area contributed by atoms with Crippen LogP contribution in [0.2, 0.25) is 0 Å². The van der Waals surface area contributed by atoms with Crippen LogP contribution in [0.15, 0.2) is 46.9 Å². The van der Waals surface area contributed by atoms with E-state index >= 15 is 0 Å². The molecular weight excluding hydrogens is 367 g/mol. The SMILES string of the molecule is COc1cc(/C=C/C(=O)OCc2ccc(Br)cc2F)ccc1O. The minimum atomic E-state index is -0.598. The average Bonchev–Trinajstić information content (AvgIpc) is 2.53. The Kier molecular flexibility index (Phi) is 5.76. The quantitative estimate of drug-likeness (QED) is 0.627. The van der Waals surface area contributed by atoms with Gasteiger partial charge in [-0.15, -0.1) is 0 Å². The van der Waals surface area contributed by atoms with Crippen molar-refractivity contribution in [3.8, 4) is 11.5 Å². The zero-order valence-corrected chi connectivity index (χ0v) is 13.8. The molecule has 0 fully saturated rings. The Bertz CT molecular complexity index is 743. The summed E-state index contributed by atoms with van der Waals surface area (Å²) < 4.78 is 24.2. The fraction of sp³-hybridized carbons (Fsp3) is 0.118. The van der Waals surface area contributed by atoms with E-state index in [1.807, 2.05) is 0 Å². The van der Waals surface area contributed by atoms with Crippen molar-refractivity contribution in [1.82, 2.24) is 0 Å². The van der Waals surface area contributed by atoms with Gasteiger partial charge in [0, 0.05) is 16.1 Å². The second-order valence-electron chi connectivity index (χ2n) is 4.61. The highest BCUT2D eigenvalue weighted by Gasteiger charge is 2.06. The number of benzene rings is 2. The Morgan fingerprint density at radius 3 is 2.78 bits per heavy atom. The molecule has 0 bridgehead atoms. The molecule has 0 saturated carbocycles. The minimum absolute atomic E-state index is 0.0120. The van der Waals surface area contributed by atoms with E-state index in [1.54, 1.807) is 24.3 Å². The summed E-state index contributed by atoms with van der Waals surface area (Å²) in [5.74, 6) is -0.728. The predicted molar refractivity (Wildman–Crippen MR) is 87.6 cm³/mol. The lowest BCUT2D eigenvalue weighted by Gasteiger charge is -2.05. The summed E-state index contributed by atoms with van der Waals surface area (Å²) in [5.41, 5.74) is 0.952. The molecule has 23 heavy (non-hydrogen) atoms. The van der Waals surface area contributed by atoms with Crippen molar-refractivity contribution in [1.29, 1.82) is 0 Å². The van der Waals surface area contributed by atoms with Crippen LogP contribution in [0, 0.1) is 5.82 Å². The number of carbonyl (C=O) groups excluding carboxylic acids is 1. The van der Waals surface area contributed by atoms with Crippen LogP contribution in [-0.2, 0) is 16.1 Å². The Balaban J connectivity index is 1.96. The molecule has 6 heteroatoms. The third-order valence-corrected chi connectivity index (χ3v) is 3.49. The van der Waals surface area contributed by atoms with E-state index in [1.165, 1.54) is 31.4 Å². The predicted octanol–water partition coefficient (Wildman–Crippen LogP) is 4.06. The van der Waals surface area contributed by atoms with Gasteiger partial charge in [0.1, 0.15) is 12.4 Å². The van der Waals surface area contributed by atoms with E-state index in [2.05, 4.69) is 15.9 Å². The molecule has 0 aromatic heterocycles. The van der Waals surface area contributed by atoms with E-state index in [0.29, 0.717) is 21.3 Å². The monoisotopic (exact) mass is 380 g/mol. The maximum absolute atomic E-state index is 13.6. The number of methoxy groups -OCH3 is 1. The van der Waals surface area contributed by atoms with Crippen LogP contribution >= 0.6 is 15.9 Å². The van der Waals surface area contributed by atoms with Crippen molar-refractivity contribution in [3.05, 3.63) is 63.9 Å². The molecule has 120 valence electrons. The number of hydrogen-bond donors (Lipinski definition) is 1. The van der Waals surface area contributed by atoms with Gasteiger partial charge in [0.05, 0.1) is 7.11 Å². The molecule has 0 aliphatic rings. The molecule has 2 aromatic rings. The maximum atomic E-state index is 13.6. The first-order valence-corrected chi connectivity index (χ1v) is 7.44. The molecule has 0 radical (unpaired) electrons. The second-order valence-corrected chi connectivity index (χ2v) is 5.52. The van der Waals surface area contributed by atoms with Gasteiger partial charge in [-0.1, -0.05) is 28.1 Å². The molecule has 2 aromatic carbocycles. The molecule has 0 atom stereocenters. The van der Waals surface area contributed by atoms with Gasteiger partial charge >= 0.3 is 5.97 Å². The highest BCUT2D eigenvalue weighted by atomic mass is 79.9. The largest absolute Gasteiger partial charge is 0.504 e. The topological polar surface area (TPSA) is 55.8 Å². The number of aromatic hydroxyl groups is 1. The fourth-order valence-electron chi connectivity index (χ4n) is 1.80. The fourth-order valence-corrected chi connectivity index (χ4v) is 2.13. The highest BCUT2D eigenvalue weighted by Crippen LogP contribution is 2.26. The number of esters is 1. The second kappa shape index (κ2) is 7.78. The van der Waals surface area contributed by atoms with Crippen molar-refractivity contribution >= 4 is 28.0 Å². The maximum Gasteiger partial charge on any atom is 0.331 e. The zero-order chi connectivity index (χ0) is 16.8. The minimum Gasteiger partial charge on any atom is -0.504 e. The van der Waals surface area contributed by atoms with Crippen LogP contribution in [0.5, 0.6) is 11.5 Å². The Morgan fingerprint density at radius 2 is 2.09 bits per heavy atom. The Hall–Kier alpha value is -2.34. The van der Waals surface area contributed by atoms with Crippen molar-refractivity contribution < 1.29 is 23.8 Å².